The van der Waals surface area contributed by atoms with Gasteiger partial charge in [0.2, 0.25) is 0 Å². The molecule has 2 aromatic carbocycles. The molecule has 60 heavy (non-hydrogen) atoms. The van der Waals surface area contributed by atoms with E-state index in [1.165, 1.54) is 49.6 Å². The third-order valence-electron chi connectivity index (χ3n) is 10.0. The summed E-state index contributed by atoms with van der Waals surface area (Å²) in [5.41, 5.74) is 3.77. The summed E-state index contributed by atoms with van der Waals surface area (Å²) in [6.45, 7) is 0. The molecule has 0 unspecified atom stereocenters. The summed E-state index contributed by atoms with van der Waals surface area (Å²) >= 11 is 0. The van der Waals surface area contributed by atoms with Crippen molar-refractivity contribution < 1.29 is 28.8 Å². The molecule has 18 heteroatoms. The van der Waals surface area contributed by atoms with Gasteiger partial charge in [-0.05, 0) is 0 Å². The van der Waals surface area contributed by atoms with Crippen molar-refractivity contribution in [2.75, 3.05) is 0 Å². The predicted octanol–water partition coefficient (Wildman–Crippen LogP) is 4.23. The van der Waals surface area contributed by atoms with Gasteiger partial charge in [-0.2, -0.15) is 0 Å². The highest BCUT2D eigenvalue weighted by Gasteiger charge is 2.38. The lowest BCUT2D eigenvalue weighted by Gasteiger charge is -2.16. The highest BCUT2D eigenvalue weighted by atomic mass is 16.2. The average molecular weight is 785 g/mol. The first-order valence-electron chi connectivity index (χ1n) is 17.8. The van der Waals surface area contributed by atoms with Crippen LogP contribution in [0.5, 0.6) is 0 Å². The van der Waals surface area contributed by atoms with Crippen LogP contribution in [0.4, 0.5) is 0 Å². The Hall–Kier alpha value is -9.06. The fourth-order valence-electron chi connectivity index (χ4n) is 7.06. The maximum Gasteiger partial charge on any atom is 0.255 e. The lowest BCUT2D eigenvalue weighted by Crippen LogP contribution is -2.26. The molecule has 0 atom stereocenters. The van der Waals surface area contributed by atoms with Crippen molar-refractivity contribution in [3.05, 3.63) is 132 Å². The number of benzene rings is 2. The molecule has 8 aromatic rings. The van der Waals surface area contributed by atoms with Crippen molar-refractivity contribution in [3.63, 3.8) is 0 Å². The van der Waals surface area contributed by atoms with Crippen molar-refractivity contribution in [1.82, 2.24) is 59.8 Å². The molecular weight excluding hydrogens is 769 g/mol. The number of carbonyl (C=O) groups excluding carboxylic acids is 6. The number of carbonyl (C=O) groups is 6. The van der Waals surface area contributed by atoms with Gasteiger partial charge in [0, 0.05) is 47.0 Å². The Labute approximate surface area is 334 Å². The van der Waals surface area contributed by atoms with Crippen LogP contribution in [0.1, 0.15) is 62.9 Å². The number of rotatable bonds is 4. The zero-order valence-electron chi connectivity index (χ0n) is 30.1. The Bertz CT molecular complexity index is 3110. The fourth-order valence-corrected chi connectivity index (χ4v) is 7.06. The van der Waals surface area contributed by atoms with E-state index >= 15 is 0 Å². The molecule has 0 aliphatic heterocycles. The first-order chi connectivity index (χ1) is 29.2. The molecule has 3 aliphatic carbocycles. The molecule has 6 aromatic heterocycles. The van der Waals surface area contributed by atoms with Crippen molar-refractivity contribution in [2.45, 2.75) is 0 Å². The molecule has 280 valence electrons. The Morgan fingerprint density at radius 3 is 0.683 bits per heavy atom. The van der Waals surface area contributed by atoms with Crippen LogP contribution in [-0.2, 0) is 0 Å². The van der Waals surface area contributed by atoms with Crippen LogP contribution < -0.4 is 0 Å². The number of ketones is 6. The van der Waals surface area contributed by atoms with Crippen molar-refractivity contribution in [3.8, 4) is 79.2 Å². The lowest BCUT2D eigenvalue weighted by molar-refractivity contribution is 0.0808. The third-order valence-corrected chi connectivity index (χ3v) is 10.0. The van der Waals surface area contributed by atoms with E-state index in [1.54, 1.807) is 48.5 Å². The minimum absolute atomic E-state index is 0.0686. The SMILES string of the molecule is O=C1C(=O)c2nc(-c3ccc(-c4cnc5c(n4)C(=O)C(=O)c4nc(-c6ccc(-c7cnc8c(n7)C(=O)C(=O)c7nccnc7-8)cc6)cnc4-5)cc3)cnc2-c2nccnc21. The monoisotopic (exact) mass is 784 g/mol. The van der Waals surface area contributed by atoms with E-state index < -0.39 is 34.7 Å². The van der Waals surface area contributed by atoms with Gasteiger partial charge in [0.25, 0.3) is 34.7 Å². The molecule has 18 nitrogen and oxygen atoms in total. The average Bonchev–Trinajstić information content (AvgIpc) is 3.31. The van der Waals surface area contributed by atoms with E-state index in [-0.39, 0.29) is 68.3 Å². The number of Topliss-reactive ketones (excluding diaryl/α,β-unsaturated/α-hetero) is 6. The lowest BCUT2D eigenvalue weighted by atomic mass is 9.96. The Morgan fingerprint density at radius 1 is 0.233 bits per heavy atom. The summed E-state index contributed by atoms with van der Waals surface area (Å²) in [4.78, 5) is 130. The number of hydrogen-bond acceptors (Lipinski definition) is 18. The molecule has 6 heterocycles. The van der Waals surface area contributed by atoms with Crippen LogP contribution in [0, 0.1) is 0 Å². The minimum atomic E-state index is -0.896. The fraction of sp³-hybridized carbons (Fsp3) is 0. The highest BCUT2D eigenvalue weighted by molar-refractivity contribution is 6.53. The number of hydrogen-bond donors (Lipinski definition) is 0. The molecule has 0 spiro atoms. The summed E-state index contributed by atoms with van der Waals surface area (Å²) in [5.74, 6) is -5.07. The summed E-state index contributed by atoms with van der Waals surface area (Å²) in [6.07, 6.45) is 11.3. The van der Waals surface area contributed by atoms with E-state index in [0.717, 1.165) is 0 Å². The Balaban J connectivity index is 0.855. The quantitative estimate of drug-likeness (QED) is 0.226. The molecule has 0 N–H and O–H groups in total. The first-order valence-corrected chi connectivity index (χ1v) is 17.8. The smallest absolute Gasteiger partial charge is 0.255 e. The zero-order valence-corrected chi connectivity index (χ0v) is 30.1. The molecule has 3 aliphatic rings. The van der Waals surface area contributed by atoms with Gasteiger partial charge in [-0.15, -0.1) is 0 Å². The van der Waals surface area contributed by atoms with Gasteiger partial charge in [-0.1, -0.05) is 48.5 Å². The maximum atomic E-state index is 13.4. The number of fused-ring (bicyclic) bond motifs is 9. The second-order valence-corrected chi connectivity index (χ2v) is 13.4. The van der Waals surface area contributed by atoms with E-state index in [4.69, 9.17) is 0 Å². The third kappa shape index (κ3) is 5.07. The minimum Gasteiger partial charge on any atom is -0.283 e. The van der Waals surface area contributed by atoms with Crippen LogP contribution >= 0.6 is 0 Å². The predicted molar refractivity (Wildman–Crippen MR) is 204 cm³/mol. The second-order valence-electron chi connectivity index (χ2n) is 13.4. The zero-order chi connectivity index (χ0) is 40.8. The van der Waals surface area contributed by atoms with Gasteiger partial charge in [0.1, 0.15) is 68.3 Å². The van der Waals surface area contributed by atoms with E-state index in [2.05, 4.69) is 59.8 Å². The molecule has 0 saturated carbocycles. The Kier molecular flexibility index (Phi) is 7.26. The van der Waals surface area contributed by atoms with Gasteiger partial charge in [0.05, 0.1) is 47.6 Å². The van der Waals surface area contributed by atoms with Gasteiger partial charge >= 0.3 is 0 Å². The van der Waals surface area contributed by atoms with Gasteiger partial charge < -0.3 is 0 Å². The van der Waals surface area contributed by atoms with Crippen LogP contribution in [-0.4, -0.2) is 94.5 Å². The standard InChI is InChI=1S/C42H16N12O6/c55-37-31-25(43-9-11-45-31)27-33(39(37)57)51-21(13-47-27)17-1-5-19(6-2-17)23-15-49-29-30-36(42(60)41(59)35(29)53-23)54-24(16-50-30)20-7-3-18(4-8-20)22-14-48-28-26-32(46-12-10-44-26)38(56)40(58)34(28)52-22/h1-16H. The second kappa shape index (κ2) is 12.7. The van der Waals surface area contributed by atoms with Crippen molar-refractivity contribution >= 4 is 34.7 Å². The van der Waals surface area contributed by atoms with E-state index in [0.29, 0.717) is 45.0 Å². The summed E-state index contributed by atoms with van der Waals surface area (Å²) in [6, 6.07) is 13.6. The highest BCUT2D eigenvalue weighted by Crippen LogP contribution is 2.35. The summed E-state index contributed by atoms with van der Waals surface area (Å²) in [7, 11) is 0. The molecule has 0 amide bonds. The van der Waals surface area contributed by atoms with Gasteiger partial charge in [-0.3, -0.25) is 38.7 Å². The van der Waals surface area contributed by atoms with Gasteiger partial charge in [-0.25, -0.2) is 49.8 Å². The van der Waals surface area contributed by atoms with Crippen molar-refractivity contribution in [2.24, 2.45) is 0 Å². The van der Waals surface area contributed by atoms with Crippen LogP contribution in [0.2, 0.25) is 0 Å². The Morgan fingerprint density at radius 2 is 0.433 bits per heavy atom. The largest absolute Gasteiger partial charge is 0.283 e. The summed E-state index contributed by atoms with van der Waals surface area (Å²) in [5, 5.41) is 0. The number of aromatic nitrogens is 12. The molecule has 0 bridgehead atoms. The molecular formula is C42H16N12O6. The molecule has 0 fully saturated rings. The number of nitrogens with zero attached hydrogens (tertiary/aromatic N) is 12. The summed E-state index contributed by atoms with van der Waals surface area (Å²) < 4.78 is 0. The molecule has 11 rings (SSSR count). The molecule has 0 saturated heterocycles. The first kappa shape index (κ1) is 34.2. The van der Waals surface area contributed by atoms with E-state index in [1.807, 2.05) is 0 Å². The van der Waals surface area contributed by atoms with Crippen LogP contribution in [0.3, 0.4) is 0 Å². The van der Waals surface area contributed by atoms with Crippen LogP contribution in [0.25, 0.3) is 79.2 Å². The normalized spacial score (nSPS) is 13.5. The van der Waals surface area contributed by atoms with Crippen molar-refractivity contribution in [1.29, 1.82) is 0 Å². The van der Waals surface area contributed by atoms with E-state index in [9.17, 15) is 28.8 Å². The maximum absolute atomic E-state index is 13.4. The van der Waals surface area contributed by atoms with Crippen LogP contribution in [0.15, 0.2) is 98.1 Å². The topological polar surface area (TPSA) is 257 Å². The van der Waals surface area contributed by atoms with Gasteiger partial charge in [0.15, 0.2) is 0 Å². The molecule has 0 radical (unpaired) electrons.